The van der Waals surface area contributed by atoms with Gasteiger partial charge in [-0.3, -0.25) is 0 Å². The molecule has 0 aromatic carbocycles. The third-order valence-corrected chi connectivity index (χ3v) is 1.99. The van der Waals surface area contributed by atoms with Gasteiger partial charge in [0.2, 0.25) is 0 Å². The molecule has 3 nitrogen and oxygen atoms in total. The van der Waals surface area contributed by atoms with Gasteiger partial charge in [-0.05, 0) is 38.9 Å². The quantitative estimate of drug-likeness (QED) is 0.471. The maximum absolute atomic E-state index is 12.6. The number of nitrogens with one attached hydrogen (secondary N) is 1. The van der Waals surface area contributed by atoms with Gasteiger partial charge in [-0.25, -0.2) is 4.39 Å². The highest BCUT2D eigenvalue weighted by Crippen LogP contribution is 2.00. The van der Waals surface area contributed by atoms with Crippen LogP contribution in [0.2, 0.25) is 0 Å². The maximum Gasteiger partial charge on any atom is 0.138 e. The van der Waals surface area contributed by atoms with E-state index in [1.54, 1.807) is 6.08 Å². The molecule has 0 aliphatic heterocycles. The Balaban J connectivity index is 3.43. The number of hydrogen-bond donors (Lipinski definition) is 2. The van der Waals surface area contributed by atoms with Crippen molar-refractivity contribution in [1.29, 1.82) is 0 Å². The Morgan fingerprint density at radius 1 is 1.50 bits per heavy atom. The Morgan fingerprint density at radius 2 is 2.25 bits per heavy atom. The average molecular weight is 230 g/mol. The summed E-state index contributed by atoms with van der Waals surface area (Å²) < 4.78 is 18.1. The van der Waals surface area contributed by atoms with Crippen LogP contribution in [0.5, 0.6) is 0 Å². The van der Waals surface area contributed by atoms with Crippen molar-refractivity contribution in [1.82, 2.24) is 5.32 Å². The molecule has 1 unspecified atom stereocenters. The highest BCUT2D eigenvalue weighted by molar-refractivity contribution is 5.10. The summed E-state index contributed by atoms with van der Waals surface area (Å²) in [5.41, 5.74) is 4.99. The van der Waals surface area contributed by atoms with Crippen molar-refractivity contribution in [2.45, 2.75) is 32.8 Å². The molecule has 0 aromatic heterocycles. The monoisotopic (exact) mass is 230 g/mol. The van der Waals surface area contributed by atoms with Crippen LogP contribution in [-0.4, -0.2) is 25.8 Å². The van der Waals surface area contributed by atoms with Crippen molar-refractivity contribution in [2.75, 3.05) is 19.7 Å². The lowest BCUT2D eigenvalue weighted by atomic mass is 10.3. The molecule has 0 heterocycles. The van der Waals surface area contributed by atoms with E-state index in [-0.39, 0.29) is 6.10 Å². The van der Waals surface area contributed by atoms with Crippen molar-refractivity contribution in [3.8, 4) is 0 Å². The first-order valence-corrected chi connectivity index (χ1v) is 5.78. The van der Waals surface area contributed by atoms with Gasteiger partial charge in [0.1, 0.15) is 5.83 Å². The average Bonchev–Trinajstić information content (AvgIpc) is 2.30. The molecule has 3 N–H and O–H groups in total. The van der Waals surface area contributed by atoms with E-state index >= 15 is 0 Å². The van der Waals surface area contributed by atoms with Gasteiger partial charge in [-0.15, -0.1) is 0 Å². The zero-order chi connectivity index (χ0) is 12.2. The Bertz CT molecular complexity index is 217. The van der Waals surface area contributed by atoms with Gasteiger partial charge < -0.3 is 15.8 Å². The molecule has 4 heteroatoms. The van der Waals surface area contributed by atoms with Crippen LogP contribution in [0.3, 0.4) is 0 Å². The number of allylic oxidation sites excluding steroid dienone is 2. The van der Waals surface area contributed by atoms with Crippen molar-refractivity contribution >= 4 is 0 Å². The summed E-state index contributed by atoms with van der Waals surface area (Å²) in [6.07, 6.45) is 5.92. The normalized spacial score (nSPS) is 14.6. The second kappa shape index (κ2) is 10.6. The molecule has 94 valence electrons. The predicted molar refractivity (Wildman–Crippen MR) is 65.7 cm³/mol. The molecule has 16 heavy (non-hydrogen) atoms. The molecule has 0 saturated carbocycles. The summed E-state index contributed by atoms with van der Waals surface area (Å²) in [6.45, 7) is 6.69. The summed E-state index contributed by atoms with van der Waals surface area (Å²) >= 11 is 0. The molecule has 0 saturated heterocycles. The molecule has 0 aromatic rings. The predicted octanol–water partition coefficient (Wildman–Crippen LogP) is 2.11. The van der Waals surface area contributed by atoms with Crippen LogP contribution in [0.15, 0.2) is 24.2 Å². The summed E-state index contributed by atoms with van der Waals surface area (Å²) in [5.74, 6) is -0.444. The van der Waals surface area contributed by atoms with Crippen LogP contribution in [0.1, 0.15) is 26.7 Å². The van der Waals surface area contributed by atoms with E-state index in [1.165, 1.54) is 6.08 Å². The number of halogens is 1. The molecule has 0 spiro atoms. The first-order valence-electron chi connectivity index (χ1n) is 5.78. The number of rotatable bonds is 9. The highest BCUT2D eigenvalue weighted by Gasteiger charge is 1.96. The van der Waals surface area contributed by atoms with Crippen LogP contribution in [0, 0.1) is 0 Å². The fourth-order valence-corrected chi connectivity index (χ4v) is 1.11. The molecule has 0 radical (unpaired) electrons. The zero-order valence-electron chi connectivity index (χ0n) is 10.2. The first kappa shape index (κ1) is 15.1. The topological polar surface area (TPSA) is 47.3 Å². The molecular formula is C12H23FN2O. The lowest BCUT2D eigenvalue weighted by Gasteiger charge is -2.08. The van der Waals surface area contributed by atoms with Crippen molar-refractivity contribution < 1.29 is 9.13 Å². The summed E-state index contributed by atoms with van der Waals surface area (Å²) in [5, 5.41) is 3.28. The Hall–Kier alpha value is -0.870. The molecule has 0 aliphatic rings. The van der Waals surface area contributed by atoms with Gasteiger partial charge in [0.05, 0.1) is 6.10 Å². The van der Waals surface area contributed by atoms with Crippen molar-refractivity contribution in [2.24, 2.45) is 5.73 Å². The lowest BCUT2D eigenvalue weighted by Crippen LogP contribution is -2.18. The number of hydrogen-bond acceptors (Lipinski definition) is 3. The van der Waals surface area contributed by atoms with Gasteiger partial charge in [0.15, 0.2) is 0 Å². The van der Waals surface area contributed by atoms with Gasteiger partial charge in [0, 0.05) is 12.8 Å². The largest absolute Gasteiger partial charge is 0.402 e. The third kappa shape index (κ3) is 9.68. The maximum atomic E-state index is 12.6. The summed E-state index contributed by atoms with van der Waals surface area (Å²) in [6, 6.07) is 0. The van der Waals surface area contributed by atoms with Crippen LogP contribution in [0.25, 0.3) is 0 Å². The van der Waals surface area contributed by atoms with Crippen LogP contribution >= 0.6 is 0 Å². The van der Waals surface area contributed by atoms with Crippen LogP contribution in [-0.2, 0) is 4.74 Å². The first-order chi connectivity index (χ1) is 7.70. The molecule has 0 rings (SSSR count). The van der Waals surface area contributed by atoms with Gasteiger partial charge in [-0.2, -0.15) is 0 Å². The van der Waals surface area contributed by atoms with E-state index in [4.69, 9.17) is 10.5 Å². The summed E-state index contributed by atoms with van der Waals surface area (Å²) in [4.78, 5) is 0. The second-order valence-corrected chi connectivity index (χ2v) is 3.59. The SMILES string of the molecule is CCCNCCCOC(C)/C=C\C(F)=C/N. The summed E-state index contributed by atoms with van der Waals surface area (Å²) in [7, 11) is 0. The molecular weight excluding hydrogens is 207 g/mol. The highest BCUT2D eigenvalue weighted by atomic mass is 19.1. The van der Waals surface area contributed by atoms with E-state index in [2.05, 4.69) is 12.2 Å². The molecule has 0 amide bonds. The Morgan fingerprint density at radius 3 is 2.88 bits per heavy atom. The van der Waals surface area contributed by atoms with Crippen LogP contribution in [0.4, 0.5) is 4.39 Å². The van der Waals surface area contributed by atoms with Crippen molar-refractivity contribution in [3.05, 3.63) is 24.2 Å². The van der Waals surface area contributed by atoms with Crippen molar-refractivity contribution in [3.63, 3.8) is 0 Å². The van der Waals surface area contributed by atoms with Gasteiger partial charge in [-0.1, -0.05) is 13.0 Å². The molecule has 0 fully saturated rings. The smallest absolute Gasteiger partial charge is 0.138 e. The fraction of sp³-hybridized carbons (Fsp3) is 0.667. The molecule has 0 bridgehead atoms. The number of ether oxygens (including phenoxy) is 1. The van der Waals surface area contributed by atoms with E-state index in [9.17, 15) is 4.39 Å². The molecule has 0 aliphatic carbocycles. The lowest BCUT2D eigenvalue weighted by molar-refractivity contribution is 0.0953. The van der Waals surface area contributed by atoms with Gasteiger partial charge >= 0.3 is 0 Å². The van der Waals surface area contributed by atoms with E-state index < -0.39 is 5.83 Å². The zero-order valence-corrected chi connectivity index (χ0v) is 10.2. The minimum atomic E-state index is -0.444. The fourth-order valence-electron chi connectivity index (χ4n) is 1.11. The van der Waals surface area contributed by atoms with E-state index in [0.29, 0.717) is 6.61 Å². The van der Waals surface area contributed by atoms with Crippen LogP contribution < -0.4 is 11.1 Å². The second-order valence-electron chi connectivity index (χ2n) is 3.59. The Kier molecular flexibility index (Phi) is 10.1. The van der Waals surface area contributed by atoms with Gasteiger partial charge in [0.25, 0.3) is 0 Å². The minimum absolute atomic E-state index is 0.0862. The minimum Gasteiger partial charge on any atom is -0.402 e. The van der Waals surface area contributed by atoms with E-state index in [0.717, 1.165) is 32.1 Å². The third-order valence-electron chi connectivity index (χ3n) is 1.99. The molecule has 1 atom stereocenters. The Labute approximate surface area is 97.5 Å². The standard InChI is InChI=1S/C12H23FN2O/c1-3-7-15-8-4-9-16-11(2)5-6-12(13)10-14/h5-6,10-11,15H,3-4,7-9,14H2,1-2H3/b6-5-,12-10+. The van der Waals surface area contributed by atoms with E-state index in [1.807, 2.05) is 6.92 Å². The number of nitrogens with two attached hydrogens (primary N) is 1.